The zero-order valence-electron chi connectivity index (χ0n) is 12.2. The predicted octanol–water partition coefficient (Wildman–Crippen LogP) is 3.12. The standard InChI is InChI=1S/C16H15FN2O3S/c17-9-3-4-10-11(6-9)23-16(18-10)19-14(20)12-7-1-2-8(5-7)13(12)15(21)22/h3-4,6-8,12-13H,1-2,5H2,(H,21,22)(H,18,19,20)/t7-,8+,12-,13+/m1/s1. The lowest BCUT2D eigenvalue weighted by Crippen LogP contribution is -2.37. The van der Waals surface area contributed by atoms with Gasteiger partial charge in [0.05, 0.1) is 22.1 Å². The van der Waals surface area contributed by atoms with Gasteiger partial charge in [-0.1, -0.05) is 11.3 Å². The van der Waals surface area contributed by atoms with Gasteiger partial charge in [-0.2, -0.15) is 0 Å². The van der Waals surface area contributed by atoms with Crippen LogP contribution < -0.4 is 5.32 Å². The Labute approximate surface area is 135 Å². The van der Waals surface area contributed by atoms with E-state index in [1.165, 1.54) is 23.5 Å². The molecule has 0 unspecified atom stereocenters. The molecule has 0 saturated heterocycles. The number of fused-ring (bicyclic) bond motifs is 3. The van der Waals surface area contributed by atoms with Gasteiger partial charge in [0.25, 0.3) is 0 Å². The number of carbonyl (C=O) groups is 2. The number of nitrogens with one attached hydrogen (secondary N) is 1. The number of amides is 1. The zero-order chi connectivity index (χ0) is 16.1. The van der Waals surface area contributed by atoms with Crippen LogP contribution in [-0.4, -0.2) is 22.0 Å². The van der Waals surface area contributed by atoms with Crippen LogP contribution in [0.5, 0.6) is 0 Å². The highest BCUT2D eigenvalue weighted by molar-refractivity contribution is 7.22. The Bertz CT molecular complexity index is 806. The monoisotopic (exact) mass is 334 g/mol. The third-order valence-corrected chi connectivity index (χ3v) is 6.02. The first-order valence-corrected chi connectivity index (χ1v) is 8.44. The Hall–Kier alpha value is -2.02. The molecule has 1 aromatic heterocycles. The van der Waals surface area contributed by atoms with Crippen LogP contribution >= 0.6 is 11.3 Å². The number of thiazole rings is 1. The van der Waals surface area contributed by atoms with Gasteiger partial charge < -0.3 is 10.4 Å². The lowest BCUT2D eigenvalue weighted by molar-refractivity contribution is -0.148. The second-order valence-corrected chi connectivity index (χ2v) is 7.37. The molecule has 23 heavy (non-hydrogen) atoms. The average molecular weight is 334 g/mol. The smallest absolute Gasteiger partial charge is 0.307 e. The maximum atomic E-state index is 13.2. The van der Waals surface area contributed by atoms with Crippen molar-refractivity contribution >= 4 is 38.6 Å². The van der Waals surface area contributed by atoms with Crippen LogP contribution in [0.25, 0.3) is 10.2 Å². The lowest BCUT2D eigenvalue weighted by Gasteiger charge is -2.26. The van der Waals surface area contributed by atoms with Crippen LogP contribution in [0.1, 0.15) is 19.3 Å². The second-order valence-electron chi connectivity index (χ2n) is 6.34. The summed E-state index contributed by atoms with van der Waals surface area (Å²) in [4.78, 5) is 28.4. The van der Waals surface area contributed by atoms with Crippen molar-refractivity contribution in [2.75, 3.05) is 5.32 Å². The van der Waals surface area contributed by atoms with Gasteiger partial charge in [-0.15, -0.1) is 0 Å². The number of carbonyl (C=O) groups excluding carboxylic acids is 1. The van der Waals surface area contributed by atoms with Crippen LogP contribution in [0.15, 0.2) is 18.2 Å². The number of halogens is 1. The minimum absolute atomic E-state index is 0.109. The van der Waals surface area contributed by atoms with Crippen molar-refractivity contribution in [1.29, 1.82) is 0 Å². The summed E-state index contributed by atoms with van der Waals surface area (Å²) < 4.78 is 13.9. The number of carboxylic acids is 1. The van der Waals surface area contributed by atoms with Crippen molar-refractivity contribution in [2.24, 2.45) is 23.7 Å². The van der Waals surface area contributed by atoms with Crippen LogP contribution in [0.2, 0.25) is 0 Å². The van der Waals surface area contributed by atoms with Gasteiger partial charge >= 0.3 is 5.97 Å². The van der Waals surface area contributed by atoms with Crippen molar-refractivity contribution in [1.82, 2.24) is 4.98 Å². The molecule has 0 spiro atoms. The van der Waals surface area contributed by atoms with E-state index < -0.39 is 17.8 Å². The number of aliphatic carboxylic acids is 1. The van der Waals surface area contributed by atoms with Gasteiger partial charge in [0.1, 0.15) is 5.82 Å². The molecule has 2 N–H and O–H groups in total. The first kappa shape index (κ1) is 14.6. The molecular weight excluding hydrogens is 319 g/mol. The van der Waals surface area contributed by atoms with Crippen molar-refractivity contribution in [3.8, 4) is 0 Å². The first-order valence-electron chi connectivity index (χ1n) is 7.62. The van der Waals surface area contributed by atoms with Crippen molar-refractivity contribution in [2.45, 2.75) is 19.3 Å². The summed E-state index contributed by atoms with van der Waals surface area (Å²) in [5.74, 6) is -2.34. The Morgan fingerprint density at radius 2 is 2.00 bits per heavy atom. The number of aromatic nitrogens is 1. The van der Waals surface area contributed by atoms with Crippen LogP contribution in [0.3, 0.4) is 0 Å². The first-order chi connectivity index (χ1) is 11.0. The van der Waals surface area contributed by atoms with E-state index >= 15 is 0 Å². The summed E-state index contributed by atoms with van der Waals surface area (Å²) in [6.45, 7) is 0. The van der Waals surface area contributed by atoms with Gasteiger partial charge in [-0.3, -0.25) is 9.59 Å². The highest BCUT2D eigenvalue weighted by Gasteiger charge is 2.54. The molecule has 0 aliphatic heterocycles. The minimum Gasteiger partial charge on any atom is -0.481 e. The maximum absolute atomic E-state index is 13.2. The molecule has 2 aliphatic rings. The third kappa shape index (κ3) is 2.39. The number of anilines is 1. The molecule has 2 aliphatic carbocycles. The SMILES string of the molecule is O=C(Nc1nc2ccc(F)cc2s1)[C@@H]1[C@@H]2CC[C@@H](C2)[C@@H]1C(=O)O. The summed E-state index contributed by atoms with van der Waals surface area (Å²) >= 11 is 1.20. The topological polar surface area (TPSA) is 79.3 Å². The quantitative estimate of drug-likeness (QED) is 0.904. The fourth-order valence-electron chi connectivity index (χ4n) is 4.16. The van der Waals surface area contributed by atoms with Gasteiger partial charge in [-0.25, -0.2) is 9.37 Å². The zero-order valence-corrected chi connectivity index (χ0v) is 13.0. The number of hydrogen-bond donors (Lipinski definition) is 2. The Morgan fingerprint density at radius 3 is 2.74 bits per heavy atom. The molecular formula is C16H15FN2O3S. The summed E-state index contributed by atoms with van der Waals surface area (Å²) in [5, 5.41) is 12.6. The van der Waals surface area contributed by atoms with Crippen molar-refractivity contribution < 1.29 is 19.1 Å². The van der Waals surface area contributed by atoms with E-state index in [2.05, 4.69) is 10.3 Å². The summed E-state index contributed by atoms with van der Waals surface area (Å²) in [5.41, 5.74) is 0.620. The lowest BCUT2D eigenvalue weighted by atomic mass is 9.79. The molecule has 2 bridgehead atoms. The van der Waals surface area contributed by atoms with E-state index in [9.17, 15) is 19.1 Å². The number of hydrogen-bond acceptors (Lipinski definition) is 4. The second kappa shape index (κ2) is 5.26. The van der Waals surface area contributed by atoms with E-state index in [1.54, 1.807) is 6.07 Å². The summed E-state index contributed by atoms with van der Waals surface area (Å²) in [6.07, 6.45) is 2.63. The van der Waals surface area contributed by atoms with Crippen molar-refractivity contribution in [3.63, 3.8) is 0 Å². The van der Waals surface area contributed by atoms with Gasteiger partial charge in [0.15, 0.2) is 5.13 Å². The Balaban J connectivity index is 1.57. The van der Waals surface area contributed by atoms with E-state index in [0.29, 0.717) is 15.3 Å². The molecule has 1 amide bonds. The number of carboxylic acid groups (broad SMARTS) is 1. The maximum Gasteiger partial charge on any atom is 0.307 e. The van der Waals surface area contributed by atoms with E-state index in [-0.39, 0.29) is 23.6 Å². The largest absolute Gasteiger partial charge is 0.481 e. The predicted molar refractivity (Wildman–Crippen MR) is 83.7 cm³/mol. The molecule has 1 aromatic carbocycles. The molecule has 0 radical (unpaired) electrons. The molecule has 4 atom stereocenters. The van der Waals surface area contributed by atoms with Crippen LogP contribution in [0.4, 0.5) is 9.52 Å². The number of nitrogens with zero attached hydrogens (tertiary/aromatic N) is 1. The molecule has 2 saturated carbocycles. The van der Waals surface area contributed by atoms with Gasteiger partial charge in [-0.05, 0) is 49.3 Å². The fourth-order valence-corrected chi connectivity index (χ4v) is 5.06. The summed E-state index contributed by atoms with van der Waals surface area (Å²) in [7, 11) is 0. The van der Waals surface area contributed by atoms with Crippen LogP contribution in [-0.2, 0) is 9.59 Å². The van der Waals surface area contributed by atoms with Gasteiger partial charge in [0.2, 0.25) is 5.91 Å². The Kier molecular flexibility index (Phi) is 3.33. The van der Waals surface area contributed by atoms with Crippen LogP contribution in [0, 0.1) is 29.5 Å². The number of rotatable bonds is 3. The number of benzene rings is 1. The highest BCUT2D eigenvalue weighted by atomic mass is 32.1. The minimum atomic E-state index is -0.885. The fraction of sp³-hybridized carbons (Fsp3) is 0.438. The van der Waals surface area contributed by atoms with Gasteiger partial charge in [0, 0.05) is 0 Å². The Morgan fingerprint density at radius 1 is 1.26 bits per heavy atom. The molecule has 5 nitrogen and oxygen atoms in total. The molecule has 120 valence electrons. The van der Waals surface area contributed by atoms with E-state index in [0.717, 1.165) is 19.3 Å². The van der Waals surface area contributed by atoms with E-state index in [4.69, 9.17) is 0 Å². The summed E-state index contributed by atoms with van der Waals surface area (Å²) in [6, 6.07) is 4.26. The van der Waals surface area contributed by atoms with E-state index in [1.807, 2.05) is 0 Å². The normalized spacial score (nSPS) is 29.1. The average Bonchev–Trinajstić information content (AvgIpc) is 3.18. The third-order valence-electron chi connectivity index (χ3n) is 5.08. The molecule has 1 heterocycles. The highest BCUT2D eigenvalue weighted by Crippen LogP contribution is 2.52. The molecule has 4 rings (SSSR count). The molecule has 7 heteroatoms. The molecule has 2 aromatic rings. The van der Waals surface area contributed by atoms with Crippen molar-refractivity contribution in [3.05, 3.63) is 24.0 Å². The molecule has 2 fully saturated rings.